The van der Waals surface area contributed by atoms with Crippen LogP contribution in [0.5, 0.6) is 23.0 Å². The zero-order valence-corrected chi connectivity index (χ0v) is 21.2. The molecule has 0 saturated carbocycles. The summed E-state index contributed by atoms with van der Waals surface area (Å²) in [6.07, 6.45) is 3.64. The molecule has 3 aromatic carbocycles. The quantitative estimate of drug-likeness (QED) is 0.407. The van der Waals surface area contributed by atoms with Gasteiger partial charge in [-0.2, -0.15) is 0 Å². The maximum absolute atomic E-state index is 13.2. The second-order valence-electron chi connectivity index (χ2n) is 9.17. The van der Waals surface area contributed by atoms with Gasteiger partial charge in [0.05, 0.1) is 19.8 Å². The van der Waals surface area contributed by atoms with Crippen LogP contribution >= 0.6 is 0 Å². The van der Waals surface area contributed by atoms with Crippen LogP contribution in [0, 0.1) is 6.92 Å². The number of methoxy groups -OCH3 is 2. The van der Waals surface area contributed by atoms with E-state index in [1.165, 1.54) is 5.56 Å². The second-order valence-corrected chi connectivity index (χ2v) is 9.17. The Kier molecular flexibility index (Phi) is 6.70. The van der Waals surface area contributed by atoms with Gasteiger partial charge >= 0.3 is 0 Å². The number of carbonyl (C=O) groups is 1. The molecule has 0 saturated heterocycles. The summed E-state index contributed by atoms with van der Waals surface area (Å²) in [4.78, 5) is 15.4. The zero-order chi connectivity index (χ0) is 25.2. The van der Waals surface area contributed by atoms with Crippen molar-refractivity contribution >= 4 is 11.9 Å². The lowest BCUT2D eigenvalue weighted by molar-refractivity contribution is 0.0953. The molecular weight excluding hydrogens is 454 g/mol. The lowest BCUT2D eigenvalue weighted by atomic mass is 9.99. The Labute approximate surface area is 212 Å². The summed E-state index contributed by atoms with van der Waals surface area (Å²) in [5.74, 6) is 3.14. The number of hydrogen-bond donors (Lipinski definition) is 0. The first kappa shape index (κ1) is 23.9. The number of carbonyl (C=O) groups excluding carboxylic acids is 1. The molecule has 0 fully saturated rings. The van der Waals surface area contributed by atoms with Crippen LogP contribution in [0.1, 0.15) is 45.1 Å². The van der Waals surface area contributed by atoms with E-state index < -0.39 is 0 Å². The number of hydrogen-bond acceptors (Lipinski definition) is 6. The third-order valence-electron chi connectivity index (χ3n) is 6.85. The average Bonchev–Trinajstić information content (AvgIpc) is 3.22. The lowest BCUT2D eigenvalue weighted by Crippen LogP contribution is -2.34. The van der Waals surface area contributed by atoms with Crippen LogP contribution in [-0.4, -0.2) is 38.2 Å². The first-order valence-corrected chi connectivity index (χ1v) is 12.3. The maximum Gasteiger partial charge on any atom is 0.231 e. The summed E-state index contributed by atoms with van der Waals surface area (Å²) in [7, 11) is 3.28. The lowest BCUT2D eigenvalue weighted by Gasteiger charge is -2.30. The second kappa shape index (κ2) is 10.1. The highest BCUT2D eigenvalue weighted by molar-refractivity contribution is 6.15. The van der Waals surface area contributed by atoms with E-state index in [2.05, 4.69) is 30.0 Å². The number of Topliss-reactive ketones (excluding diaryl/α,β-unsaturated/α-hetero) is 1. The molecule has 2 aliphatic heterocycles. The van der Waals surface area contributed by atoms with Crippen molar-refractivity contribution in [1.82, 2.24) is 4.90 Å². The molecule has 186 valence electrons. The minimum absolute atomic E-state index is 0.0853. The molecule has 36 heavy (non-hydrogen) atoms. The van der Waals surface area contributed by atoms with Gasteiger partial charge in [0.1, 0.15) is 18.2 Å². The van der Waals surface area contributed by atoms with Crippen molar-refractivity contribution in [1.29, 1.82) is 0 Å². The normalized spacial score (nSPS) is 15.8. The SMILES string of the molecule is CCc1ccc(/C=C2\Oc3c(cc4c(c3C)OCN(CCc3ccc(OC)c(OC)c3)C4)C2=O)cc1. The standard InChI is InChI=1S/C30H31NO5/c1-5-20-6-8-21(9-7-20)15-27-28(32)24-16-23-17-31(18-35-29(23)19(2)30(24)36-27)13-12-22-10-11-25(33-3)26(14-22)34-4/h6-11,14-16H,5,12-13,17-18H2,1-4H3/b27-15-. The van der Waals surface area contributed by atoms with Crippen LogP contribution in [0.3, 0.4) is 0 Å². The van der Waals surface area contributed by atoms with E-state index in [4.69, 9.17) is 18.9 Å². The van der Waals surface area contributed by atoms with Gasteiger partial charge in [-0.05, 0) is 60.7 Å². The summed E-state index contributed by atoms with van der Waals surface area (Å²) < 4.78 is 23.0. The molecule has 0 atom stereocenters. The van der Waals surface area contributed by atoms with E-state index in [0.717, 1.165) is 58.9 Å². The van der Waals surface area contributed by atoms with Crippen molar-refractivity contribution in [3.63, 3.8) is 0 Å². The number of fused-ring (bicyclic) bond motifs is 2. The van der Waals surface area contributed by atoms with Gasteiger partial charge in [-0.15, -0.1) is 0 Å². The Hall–Kier alpha value is -3.77. The predicted octanol–water partition coefficient (Wildman–Crippen LogP) is 5.59. The van der Waals surface area contributed by atoms with Crippen molar-refractivity contribution in [2.45, 2.75) is 33.2 Å². The van der Waals surface area contributed by atoms with Gasteiger partial charge in [0, 0.05) is 24.2 Å². The van der Waals surface area contributed by atoms with Crippen molar-refractivity contribution in [3.05, 3.63) is 87.7 Å². The Bertz CT molecular complexity index is 1330. The van der Waals surface area contributed by atoms with Gasteiger partial charge in [0.15, 0.2) is 17.3 Å². The Morgan fingerprint density at radius 3 is 2.44 bits per heavy atom. The van der Waals surface area contributed by atoms with E-state index in [1.54, 1.807) is 14.2 Å². The van der Waals surface area contributed by atoms with Crippen LogP contribution in [0.4, 0.5) is 0 Å². The van der Waals surface area contributed by atoms with Gasteiger partial charge in [-0.25, -0.2) is 0 Å². The minimum atomic E-state index is -0.0853. The monoisotopic (exact) mass is 485 g/mol. The molecule has 0 spiro atoms. The summed E-state index contributed by atoms with van der Waals surface area (Å²) in [6, 6.07) is 16.1. The number of aryl methyl sites for hydroxylation is 1. The number of ketones is 1. The molecule has 3 aromatic rings. The smallest absolute Gasteiger partial charge is 0.231 e. The van der Waals surface area contributed by atoms with Gasteiger partial charge in [0.25, 0.3) is 0 Å². The first-order chi connectivity index (χ1) is 17.5. The third kappa shape index (κ3) is 4.56. The summed E-state index contributed by atoms with van der Waals surface area (Å²) >= 11 is 0. The van der Waals surface area contributed by atoms with E-state index in [1.807, 2.05) is 43.3 Å². The fourth-order valence-electron chi connectivity index (χ4n) is 4.76. The molecule has 0 bridgehead atoms. The molecule has 2 aliphatic rings. The Morgan fingerprint density at radius 1 is 0.972 bits per heavy atom. The molecular formula is C30H31NO5. The highest BCUT2D eigenvalue weighted by Crippen LogP contribution is 2.43. The van der Waals surface area contributed by atoms with Crippen molar-refractivity contribution in [3.8, 4) is 23.0 Å². The molecule has 6 nitrogen and oxygen atoms in total. The molecule has 5 rings (SSSR count). The van der Waals surface area contributed by atoms with Crippen LogP contribution in [0.25, 0.3) is 6.08 Å². The van der Waals surface area contributed by atoms with Crippen molar-refractivity contribution in [2.75, 3.05) is 27.5 Å². The summed E-state index contributed by atoms with van der Waals surface area (Å²) in [6.45, 7) is 6.09. The van der Waals surface area contributed by atoms with Gasteiger partial charge in [-0.1, -0.05) is 37.3 Å². The molecule has 0 radical (unpaired) electrons. The van der Waals surface area contributed by atoms with Crippen molar-refractivity contribution < 1.29 is 23.7 Å². The van der Waals surface area contributed by atoms with Gasteiger partial charge in [0.2, 0.25) is 5.78 Å². The van der Waals surface area contributed by atoms with Gasteiger partial charge < -0.3 is 18.9 Å². The molecule has 0 unspecified atom stereocenters. The summed E-state index contributed by atoms with van der Waals surface area (Å²) in [5.41, 5.74) is 5.86. The number of nitrogens with zero attached hydrogens (tertiary/aromatic N) is 1. The molecule has 0 amide bonds. The van der Waals surface area contributed by atoms with E-state index in [-0.39, 0.29) is 5.78 Å². The molecule has 0 aromatic heterocycles. The van der Waals surface area contributed by atoms with E-state index in [9.17, 15) is 4.79 Å². The predicted molar refractivity (Wildman–Crippen MR) is 139 cm³/mol. The molecule has 6 heteroatoms. The highest BCUT2D eigenvalue weighted by Gasteiger charge is 2.33. The molecule has 2 heterocycles. The topological polar surface area (TPSA) is 57.2 Å². The minimum Gasteiger partial charge on any atom is -0.493 e. The van der Waals surface area contributed by atoms with Crippen LogP contribution in [-0.2, 0) is 19.4 Å². The average molecular weight is 486 g/mol. The number of rotatable bonds is 7. The largest absolute Gasteiger partial charge is 0.493 e. The molecule has 0 aliphatic carbocycles. The fraction of sp³-hybridized carbons (Fsp3) is 0.300. The summed E-state index contributed by atoms with van der Waals surface area (Å²) in [5, 5.41) is 0. The number of ether oxygens (including phenoxy) is 4. The van der Waals surface area contributed by atoms with E-state index in [0.29, 0.717) is 30.3 Å². The van der Waals surface area contributed by atoms with E-state index >= 15 is 0 Å². The maximum atomic E-state index is 13.2. The van der Waals surface area contributed by atoms with Crippen LogP contribution in [0.2, 0.25) is 0 Å². The third-order valence-corrected chi connectivity index (χ3v) is 6.85. The first-order valence-electron chi connectivity index (χ1n) is 12.3. The number of benzene rings is 3. The number of allylic oxidation sites excluding steroid dienone is 1. The van der Waals surface area contributed by atoms with Crippen molar-refractivity contribution in [2.24, 2.45) is 0 Å². The van der Waals surface area contributed by atoms with Crippen LogP contribution < -0.4 is 18.9 Å². The highest BCUT2D eigenvalue weighted by atomic mass is 16.5. The Morgan fingerprint density at radius 2 is 1.72 bits per heavy atom. The Balaban J connectivity index is 1.31. The van der Waals surface area contributed by atoms with Gasteiger partial charge in [-0.3, -0.25) is 9.69 Å². The fourth-order valence-corrected chi connectivity index (χ4v) is 4.76. The molecule has 0 N–H and O–H groups in total. The zero-order valence-electron chi connectivity index (χ0n) is 21.2. The van der Waals surface area contributed by atoms with Crippen LogP contribution in [0.15, 0.2) is 54.3 Å².